The van der Waals surface area contributed by atoms with Crippen molar-refractivity contribution >= 4 is 44.0 Å². The van der Waals surface area contributed by atoms with E-state index in [-0.39, 0.29) is 35.0 Å². The van der Waals surface area contributed by atoms with E-state index in [4.69, 9.17) is 11.6 Å². The largest absolute Gasteiger partial charge is 0.338 e. The molecule has 1 amide bonds. The van der Waals surface area contributed by atoms with Gasteiger partial charge in [0, 0.05) is 44.3 Å². The minimum Gasteiger partial charge on any atom is -0.338 e. The van der Waals surface area contributed by atoms with Crippen LogP contribution in [-0.4, -0.2) is 67.3 Å². The highest BCUT2D eigenvalue weighted by Gasteiger charge is 2.37. The van der Waals surface area contributed by atoms with Gasteiger partial charge in [0.25, 0.3) is 0 Å². The van der Waals surface area contributed by atoms with Crippen molar-refractivity contribution in [1.29, 1.82) is 0 Å². The fourth-order valence-corrected chi connectivity index (χ4v) is 6.40. The quantitative estimate of drug-likeness (QED) is 0.729. The van der Waals surface area contributed by atoms with Crippen LogP contribution in [0.5, 0.6) is 0 Å². The molecule has 0 radical (unpaired) electrons. The predicted molar refractivity (Wildman–Crippen MR) is 109 cm³/mol. The van der Waals surface area contributed by atoms with Crippen molar-refractivity contribution in [3.05, 3.63) is 40.9 Å². The summed E-state index contributed by atoms with van der Waals surface area (Å²) < 4.78 is 27.2. The molecule has 0 N–H and O–H groups in total. The molecule has 150 valence electrons. The summed E-state index contributed by atoms with van der Waals surface area (Å²) in [5.74, 6) is 0.0579. The normalized spacial score (nSPS) is 21.2. The first-order chi connectivity index (χ1) is 13.5. The van der Waals surface area contributed by atoms with E-state index >= 15 is 0 Å². The molecule has 0 aliphatic carbocycles. The number of thiazole rings is 1. The number of sulfonamides is 1. The molecule has 2 saturated heterocycles. The lowest BCUT2D eigenvalue weighted by atomic mass is 10.2. The number of benzene rings is 1. The van der Waals surface area contributed by atoms with E-state index < -0.39 is 10.0 Å². The van der Waals surface area contributed by atoms with E-state index in [0.717, 1.165) is 24.5 Å². The number of anilines is 1. The number of hydrogen-bond acceptors (Lipinski definition) is 6. The Morgan fingerprint density at radius 1 is 1.14 bits per heavy atom. The third kappa shape index (κ3) is 3.63. The molecule has 4 rings (SSSR count). The van der Waals surface area contributed by atoms with Gasteiger partial charge in [-0.25, -0.2) is 13.4 Å². The molecule has 2 aliphatic rings. The van der Waals surface area contributed by atoms with Crippen molar-refractivity contribution in [2.24, 2.45) is 0 Å². The van der Waals surface area contributed by atoms with Crippen LogP contribution >= 0.6 is 22.9 Å². The van der Waals surface area contributed by atoms with Gasteiger partial charge in [0.15, 0.2) is 5.13 Å². The summed E-state index contributed by atoms with van der Waals surface area (Å²) in [6.07, 6.45) is 3.51. The molecular formula is C18H21ClN4O3S2. The zero-order valence-electron chi connectivity index (χ0n) is 15.2. The molecule has 1 aromatic heterocycles. The Bertz CT molecular complexity index is 944. The smallest absolute Gasteiger partial charge is 0.245 e. The highest BCUT2D eigenvalue weighted by molar-refractivity contribution is 7.89. The first-order valence-electron chi connectivity index (χ1n) is 9.18. The van der Waals surface area contributed by atoms with E-state index in [0.29, 0.717) is 13.1 Å². The topological polar surface area (TPSA) is 73.8 Å². The summed E-state index contributed by atoms with van der Waals surface area (Å²) in [5.41, 5.74) is 0. The lowest BCUT2D eigenvalue weighted by Crippen LogP contribution is -2.54. The van der Waals surface area contributed by atoms with Gasteiger partial charge in [-0.2, -0.15) is 4.31 Å². The predicted octanol–water partition coefficient (Wildman–Crippen LogP) is 2.30. The fraction of sp³-hybridized carbons (Fsp3) is 0.444. The van der Waals surface area contributed by atoms with Gasteiger partial charge in [0.1, 0.15) is 10.9 Å². The van der Waals surface area contributed by atoms with Crippen LogP contribution in [0.15, 0.2) is 40.7 Å². The summed E-state index contributed by atoms with van der Waals surface area (Å²) in [7, 11) is -3.66. The van der Waals surface area contributed by atoms with Crippen LogP contribution in [0.3, 0.4) is 0 Å². The number of carbonyl (C=O) groups is 1. The van der Waals surface area contributed by atoms with Crippen molar-refractivity contribution in [2.75, 3.05) is 37.6 Å². The lowest BCUT2D eigenvalue weighted by Gasteiger charge is -2.36. The molecule has 2 fully saturated rings. The zero-order valence-corrected chi connectivity index (χ0v) is 17.6. The Hall–Kier alpha value is -1.68. The highest BCUT2D eigenvalue weighted by atomic mass is 35.5. The summed E-state index contributed by atoms with van der Waals surface area (Å²) in [6.45, 7) is 2.12. The molecule has 1 aromatic carbocycles. The minimum absolute atomic E-state index is 0.0579. The van der Waals surface area contributed by atoms with Gasteiger partial charge in [-0.1, -0.05) is 23.7 Å². The number of hydrogen-bond donors (Lipinski definition) is 0. The molecule has 28 heavy (non-hydrogen) atoms. The maximum Gasteiger partial charge on any atom is 0.245 e. The van der Waals surface area contributed by atoms with Gasteiger partial charge in [-0.05, 0) is 25.0 Å². The average molecular weight is 441 g/mol. The van der Waals surface area contributed by atoms with Crippen LogP contribution < -0.4 is 4.90 Å². The number of amides is 1. The molecule has 0 spiro atoms. The van der Waals surface area contributed by atoms with Gasteiger partial charge in [0.05, 0.1) is 5.02 Å². The van der Waals surface area contributed by atoms with E-state index in [1.165, 1.54) is 21.7 Å². The fourth-order valence-electron chi connectivity index (χ4n) is 3.76. The van der Waals surface area contributed by atoms with Crippen molar-refractivity contribution in [3.63, 3.8) is 0 Å². The molecule has 0 saturated carbocycles. The van der Waals surface area contributed by atoms with Crippen LogP contribution in [0, 0.1) is 0 Å². The van der Waals surface area contributed by atoms with Crippen molar-refractivity contribution in [2.45, 2.75) is 23.8 Å². The van der Waals surface area contributed by atoms with Crippen LogP contribution in [0.2, 0.25) is 5.02 Å². The first-order valence-corrected chi connectivity index (χ1v) is 11.9. The second-order valence-corrected chi connectivity index (χ2v) is 10.0. The summed E-state index contributed by atoms with van der Waals surface area (Å²) in [6, 6.07) is 6.23. The van der Waals surface area contributed by atoms with Gasteiger partial charge in [-0.15, -0.1) is 11.3 Å². The number of piperazine rings is 1. The first kappa shape index (κ1) is 19.6. The van der Waals surface area contributed by atoms with Crippen molar-refractivity contribution < 1.29 is 13.2 Å². The third-order valence-electron chi connectivity index (χ3n) is 5.21. The third-order valence-corrected chi connectivity index (χ3v) is 8.41. The summed E-state index contributed by atoms with van der Waals surface area (Å²) in [5, 5.41) is 3.00. The number of carbonyl (C=O) groups excluding carboxylic acids is 1. The van der Waals surface area contributed by atoms with Crippen molar-refractivity contribution in [1.82, 2.24) is 14.2 Å². The molecule has 1 atom stereocenters. The Morgan fingerprint density at radius 2 is 1.89 bits per heavy atom. The molecule has 10 heteroatoms. The average Bonchev–Trinajstić information content (AvgIpc) is 3.39. The van der Waals surface area contributed by atoms with E-state index in [1.54, 1.807) is 29.3 Å². The Labute approximate surface area is 173 Å². The Kier molecular flexibility index (Phi) is 5.59. The van der Waals surface area contributed by atoms with E-state index in [9.17, 15) is 13.2 Å². The van der Waals surface area contributed by atoms with Gasteiger partial charge >= 0.3 is 0 Å². The standard InChI is InChI=1S/C18H21ClN4O3S2/c19-14-4-1-2-6-16(14)28(25,26)22-11-9-21(10-12-22)17(24)15-5-3-8-23(15)18-20-7-13-27-18/h1-2,4,6-7,13,15H,3,5,8-12H2. The Morgan fingerprint density at radius 3 is 2.57 bits per heavy atom. The zero-order chi connectivity index (χ0) is 19.7. The van der Waals surface area contributed by atoms with Crippen LogP contribution in [0.4, 0.5) is 5.13 Å². The molecule has 3 heterocycles. The lowest BCUT2D eigenvalue weighted by molar-refractivity contribution is -0.133. The number of nitrogens with zero attached hydrogens (tertiary/aromatic N) is 4. The van der Waals surface area contributed by atoms with E-state index in [1.807, 2.05) is 5.38 Å². The SMILES string of the molecule is O=C(C1CCCN1c1nccs1)N1CCN(S(=O)(=O)c2ccccc2Cl)CC1. The van der Waals surface area contributed by atoms with Gasteiger partial charge in [0.2, 0.25) is 15.9 Å². The number of halogens is 1. The van der Waals surface area contributed by atoms with E-state index in [2.05, 4.69) is 9.88 Å². The molecule has 1 unspecified atom stereocenters. The summed E-state index contributed by atoms with van der Waals surface area (Å²) in [4.78, 5) is 21.3. The molecule has 7 nitrogen and oxygen atoms in total. The van der Waals surface area contributed by atoms with Gasteiger partial charge in [-0.3, -0.25) is 4.79 Å². The number of rotatable bonds is 4. The van der Waals surface area contributed by atoms with Crippen LogP contribution in [-0.2, 0) is 14.8 Å². The Balaban J connectivity index is 1.43. The highest BCUT2D eigenvalue weighted by Crippen LogP contribution is 2.29. The van der Waals surface area contributed by atoms with Crippen molar-refractivity contribution in [3.8, 4) is 0 Å². The maximum absolute atomic E-state index is 13.1. The van der Waals surface area contributed by atoms with Gasteiger partial charge < -0.3 is 9.80 Å². The monoisotopic (exact) mass is 440 g/mol. The van der Waals surface area contributed by atoms with Crippen LogP contribution in [0.1, 0.15) is 12.8 Å². The molecular weight excluding hydrogens is 420 g/mol. The van der Waals surface area contributed by atoms with Crippen LogP contribution in [0.25, 0.3) is 0 Å². The molecule has 2 aromatic rings. The second kappa shape index (κ2) is 7.98. The number of aromatic nitrogens is 1. The minimum atomic E-state index is -3.66. The maximum atomic E-state index is 13.1. The molecule has 0 bridgehead atoms. The summed E-state index contributed by atoms with van der Waals surface area (Å²) >= 11 is 7.61. The second-order valence-electron chi connectivity index (χ2n) is 6.83. The molecule has 2 aliphatic heterocycles.